The lowest BCUT2D eigenvalue weighted by atomic mass is 10.3. The van der Waals surface area contributed by atoms with Crippen LogP contribution in [0.25, 0.3) is 0 Å². The van der Waals surface area contributed by atoms with Gasteiger partial charge in [0.05, 0.1) is 9.26 Å². The molecule has 0 amide bonds. The summed E-state index contributed by atoms with van der Waals surface area (Å²) in [5.41, 5.74) is 0.691. The number of nitrogens with one attached hydrogen (secondary N) is 2. The third-order valence-electron chi connectivity index (χ3n) is 2.20. The quantitative estimate of drug-likeness (QED) is 0.823. The molecule has 0 fully saturated rings. The molecule has 2 N–H and O–H groups in total. The van der Waals surface area contributed by atoms with Crippen LogP contribution in [-0.4, -0.2) is 16.5 Å². The summed E-state index contributed by atoms with van der Waals surface area (Å²) in [4.78, 5) is 8.34. The van der Waals surface area contributed by atoms with E-state index in [-0.39, 0.29) is 5.82 Å². The minimum atomic E-state index is -0.249. The van der Waals surface area contributed by atoms with Gasteiger partial charge in [0.25, 0.3) is 0 Å². The predicted molar refractivity (Wildman–Crippen MR) is 78.6 cm³/mol. The molecule has 0 radical (unpaired) electrons. The number of hydrogen-bond donors (Lipinski definition) is 2. The summed E-state index contributed by atoms with van der Waals surface area (Å²) in [6.07, 6.45) is 1.65. The zero-order valence-electron chi connectivity index (χ0n) is 9.74. The number of aromatic nitrogens is 2. The molecule has 6 heteroatoms. The first-order valence-corrected chi connectivity index (χ1v) is 6.56. The Morgan fingerprint density at radius 3 is 2.94 bits per heavy atom. The molecule has 1 aromatic carbocycles. The summed E-state index contributed by atoms with van der Waals surface area (Å²) in [5.74, 6) is 0.931. The Balaban J connectivity index is 2.23. The molecule has 0 atom stereocenters. The molecule has 0 spiro atoms. The van der Waals surface area contributed by atoms with Gasteiger partial charge in [-0.15, -0.1) is 0 Å². The highest BCUT2D eigenvalue weighted by Gasteiger charge is 2.06. The van der Waals surface area contributed by atoms with Crippen molar-refractivity contribution in [3.8, 4) is 0 Å². The Kier molecular flexibility index (Phi) is 4.29. The smallest absolute Gasteiger partial charge is 0.224 e. The fourth-order valence-electron chi connectivity index (χ4n) is 1.41. The molecule has 2 aromatic rings. The van der Waals surface area contributed by atoms with Crippen molar-refractivity contribution >= 4 is 40.0 Å². The molecule has 2 rings (SSSR count). The molecular weight excluding hydrogens is 346 g/mol. The van der Waals surface area contributed by atoms with E-state index in [1.807, 2.05) is 29.5 Å². The van der Waals surface area contributed by atoms with E-state index in [1.165, 1.54) is 6.07 Å². The maximum absolute atomic E-state index is 13.4. The average molecular weight is 358 g/mol. The van der Waals surface area contributed by atoms with Crippen molar-refractivity contribution in [3.05, 3.63) is 39.8 Å². The van der Waals surface area contributed by atoms with E-state index in [9.17, 15) is 4.39 Å². The Bertz CT molecular complexity index is 547. The van der Waals surface area contributed by atoms with E-state index in [0.717, 1.165) is 6.54 Å². The van der Waals surface area contributed by atoms with Gasteiger partial charge in [-0.25, -0.2) is 9.37 Å². The van der Waals surface area contributed by atoms with Gasteiger partial charge in [0.2, 0.25) is 5.95 Å². The Labute approximate surface area is 118 Å². The highest BCUT2D eigenvalue weighted by molar-refractivity contribution is 14.1. The molecule has 0 saturated heterocycles. The predicted octanol–water partition coefficient (Wildman–Crippen LogP) is 3.40. The lowest BCUT2D eigenvalue weighted by molar-refractivity contribution is 0.621. The van der Waals surface area contributed by atoms with Crippen LogP contribution in [0.1, 0.15) is 6.92 Å². The van der Waals surface area contributed by atoms with Crippen LogP contribution >= 0.6 is 22.6 Å². The molecule has 1 aromatic heterocycles. The van der Waals surface area contributed by atoms with Crippen LogP contribution in [-0.2, 0) is 0 Å². The molecule has 94 valence electrons. The van der Waals surface area contributed by atoms with Gasteiger partial charge >= 0.3 is 0 Å². The van der Waals surface area contributed by atoms with Gasteiger partial charge < -0.3 is 10.6 Å². The second kappa shape index (κ2) is 5.94. The number of halogens is 2. The number of hydrogen-bond acceptors (Lipinski definition) is 4. The zero-order chi connectivity index (χ0) is 13.0. The molecule has 1 heterocycles. The van der Waals surface area contributed by atoms with E-state index in [4.69, 9.17) is 0 Å². The van der Waals surface area contributed by atoms with Crippen molar-refractivity contribution in [2.45, 2.75) is 6.92 Å². The number of benzene rings is 1. The van der Waals surface area contributed by atoms with Crippen LogP contribution in [0.15, 0.2) is 30.5 Å². The van der Waals surface area contributed by atoms with Crippen molar-refractivity contribution in [1.82, 2.24) is 9.97 Å². The molecule has 0 saturated carbocycles. The summed E-state index contributed by atoms with van der Waals surface area (Å²) in [5, 5.41) is 6.09. The number of rotatable bonds is 4. The molecule has 4 nitrogen and oxygen atoms in total. The molecule has 0 bridgehead atoms. The van der Waals surface area contributed by atoms with Gasteiger partial charge in [0.1, 0.15) is 11.6 Å². The van der Waals surface area contributed by atoms with Crippen LogP contribution < -0.4 is 10.6 Å². The second-order valence-corrected chi connectivity index (χ2v) is 4.60. The summed E-state index contributed by atoms with van der Waals surface area (Å²) < 4.78 is 13.9. The standard InChI is InChI=1S/C12H12FIN4/c1-2-15-12-16-7-6-10(18-12)17-9-5-3-4-8(13)11(9)14/h3-7H,2H2,1H3,(H2,15,16,17,18). The summed E-state index contributed by atoms with van der Waals surface area (Å²) in [6, 6.07) is 6.63. The van der Waals surface area contributed by atoms with E-state index in [2.05, 4.69) is 20.6 Å². The van der Waals surface area contributed by atoms with Crippen molar-refractivity contribution in [2.24, 2.45) is 0 Å². The number of nitrogens with zero attached hydrogens (tertiary/aromatic N) is 2. The van der Waals surface area contributed by atoms with Crippen LogP contribution in [0.5, 0.6) is 0 Å². The third kappa shape index (κ3) is 3.06. The Hall–Kier alpha value is -1.44. The summed E-state index contributed by atoms with van der Waals surface area (Å²) >= 11 is 1.96. The van der Waals surface area contributed by atoms with Crippen molar-refractivity contribution in [1.29, 1.82) is 0 Å². The molecular formula is C12H12FIN4. The molecule has 0 aliphatic heterocycles. The molecule has 18 heavy (non-hydrogen) atoms. The first-order valence-electron chi connectivity index (χ1n) is 5.48. The lowest BCUT2D eigenvalue weighted by Gasteiger charge is -2.09. The fraction of sp³-hybridized carbons (Fsp3) is 0.167. The van der Waals surface area contributed by atoms with Gasteiger partial charge in [-0.05, 0) is 47.7 Å². The first kappa shape index (κ1) is 13.0. The second-order valence-electron chi connectivity index (χ2n) is 3.52. The van der Waals surface area contributed by atoms with Crippen LogP contribution in [0.4, 0.5) is 21.8 Å². The zero-order valence-corrected chi connectivity index (χ0v) is 11.9. The van der Waals surface area contributed by atoms with E-state index in [1.54, 1.807) is 24.4 Å². The van der Waals surface area contributed by atoms with E-state index in [0.29, 0.717) is 21.0 Å². The van der Waals surface area contributed by atoms with Gasteiger partial charge in [0, 0.05) is 12.7 Å². The monoisotopic (exact) mass is 358 g/mol. The fourth-order valence-corrected chi connectivity index (χ4v) is 1.90. The van der Waals surface area contributed by atoms with Gasteiger partial charge in [-0.2, -0.15) is 4.98 Å². The Morgan fingerprint density at radius 2 is 2.17 bits per heavy atom. The molecule has 0 unspecified atom stereocenters. The van der Waals surface area contributed by atoms with Crippen LogP contribution in [0.3, 0.4) is 0 Å². The lowest BCUT2D eigenvalue weighted by Crippen LogP contribution is -2.04. The SMILES string of the molecule is CCNc1nccc(Nc2cccc(F)c2I)n1. The maximum atomic E-state index is 13.4. The highest BCUT2D eigenvalue weighted by Crippen LogP contribution is 2.23. The largest absolute Gasteiger partial charge is 0.354 e. The molecule has 0 aliphatic carbocycles. The summed E-state index contributed by atoms with van der Waals surface area (Å²) in [7, 11) is 0. The highest BCUT2D eigenvalue weighted by atomic mass is 127. The van der Waals surface area contributed by atoms with Crippen molar-refractivity contribution in [3.63, 3.8) is 0 Å². The van der Waals surface area contributed by atoms with Gasteiger partial charge in [-0.3, -0.25) is 0 Å². The van der Waals surface area contributed by atoms with E-state index < -0.39 is 0 Å². The van der Waals surface area contributed by atoms with Crippen LogP contribution in [0, 0.1) is 9.39 Å². The molecule has 0 aliphatic rings. The van der Waals surface area contributed by atoms with Gasteiger partial charge in [0.15, 0.2) is 0 Å². The minimum Gasteiger partial charge on any atom is -0.354 e. The Morgan fingerprint density at radius 1 is 1.33 bits per heavy atom. The first-order chi connectivity index (χ1) is 8.70. The van der Waals surface area contributed by atoms with Crippen molar-refractivity contribution < 1.29 is 4.39 Å². The summed E-state index contributed by atoms with van der Waals surface area (Å²) in [6.45, 7) is 2.72. The topological polar surface area (TPSA) is 49.8 Å². The normalized spacial score (nSPS) is 10.2. The van der Waals surface area contributed by atoms with Crippen LogP contribution in [0.2, 0.25) is 0 Å². The van der Waals surface area contributed by atoms with E-state index >= 15 is 0 Å². The maximum Gasteiger partial charge on any atom is 0.224 e. The number of anilines is 3. The average Bonchev–Trinajstić information content (AvgIpc) is 2.36. The minimum absolute atomic E-state index is 0.249. The third-order valence-corrected chi connectivity index (χ3v) is 3.30. The van der Waals surface area contributed by atoms with Crippen molar-refractivity contribution in [2.75, 3.05) is 17.2 Å². The van der Waals surface area contributed by atoms with Gasteiger partial charge in [-0.1, -0.05) is 6.07 Å².